The minimum atomic E-state index is -5.08. The van der Waals surface area contributed by atoms with E-state index in [4.69, 9.17) is 15.0 Å². The molecule has 2 aromatic heterocycles. The van der Waals surface area contributed by atoms with Gasteiger partial charge in [0.1, 0.15) is 0 Å². The summed E-state index contributed by atoms with van der Waals surface area (Å²) < 4.78 is 33.5. The summed E-state index contributed by atoms with van der Waals surface area (Å²) in [6.45, 7) is 5.21. The highest BCUT2D eigenvalue weighted by molar-refractivity contribution is 5.73. The van der Waals surface area contributed by atoms with Crippen molar-refractivity contribution in [3.05, 3.63) is 30.2 Å². The minimum Gasteiger partial charge on any atom is -0.481 e. The molecule has 2 N–H and O–H groups in total. The molecular weight excluding hydrogens is 383 g/mol. The van der Waals surface area contributed by atoms with Gasteiger partial charge in [-0.1, -0.05) is 0 Å². The van der Waals surface area contributed by atoms with Crippen LogP contribution in [0.3, 0.4) is 0 Å². The predicted molar refractivity (Wildman–Crippen MR) is 90.6 cm³/mol. The zero-order valence-electron chi connectivity index (χ0n) is 14.8. The highest BCUT2D eigenvalue weighted by Crippen LogP contribution is 2.13. The van der Waals surface area contributed by atoms with Crippen LogP contribution in [0.1, 0.15) is 12.0 Å². The second-order valence-corrected chi connectivity index (χ2v) is 6.12. The Kier molecular flexibility index (Phi) is 7.29. The highest BCUT2D eigenvalue weighted by atomic mass is 19.4. The predicted octanol–water partition coefficient (Wildman–Crippen LogP) is 0.955. The second-order valence-electron chi connectivity index (χ2n) is 6.12. The fraction of sp³-hybridized carbons (Fsp3) is 0.500. The maximum Gasteiger partial charge on any atom is 0.490 e. The SMILES string of the molecule is O=C(O)C(F)(F)F.O=C(O)CCN1CCN(Cc2cnn3cccnc23)CC1. The van der Waals surface area contributed by atoms with Crippen molar-refractivity contribution in [2.45, 2.75) is 19.1 Å². The number of carboxylic acid groups (broad SMARTS) is 2. The van der Waals surface area contributed by atoms with E-state index in [2.05, 4.69) is 19.9 Å². The third-order valence-corrected chi connectivity index (χ3v) is 4.10. The first-order valence-electron chi connectivity index (χ1n) is 8.40. The van der Waals surface area contributed by atoms with Crippen molar-refractivity contribution in [2.24, 2.45) is 0 Å². The first kappa shape index (κ1) is 21.6. The summed E-state index contributed by atoms with van der Waals surface area (Å²) in [4.78, 5) is 28.4. The topological polar surface area (TPSA) is 111 Å². The second kappa shape index (κ2) is 9.46. The molecule has 3 rings (SSSR count). The van der Waals surface area contributed by atoms with Gasteiger partial charge in [-0.3, -0.25) is 9.69 Å². The van der Waals surface area contributed by atoms with Gasteiger partial charge in [0.2, 0.25) is 0 Å². The van der Waals surface area contributed by atoms with E-state index in [-0.39, 0.29) is 6.42 Å². The minimum absolute atomic E-state index is 0.220. The van der Waals surface area contributed by atoms with E-state index in [0.29, 0.717) is 6.54 Å². The molecule has 0 aliphatic carbocycles. The van der Waals surface area contributed by atoms with Gasteiger partial charge in [0, 0.05) is 57.2 Å². The number of carbonyl (C=O) groups is 2. The van der Waals surface area contributed by atoms with Crippen LogP contribution in [0.25, 0.3) is 5.65 Å². The van der Waals surface area contributed by atoms with Crippen molar-refractivity contribution in [3.8, 4) is 0 Å². The molecule has 0 spiro atoms. The number of halogens is 3. The summed E-state index contributed by atoms with van der Waals surface area (Å²) in [7, 11) is 0. The average Bonchev–Trinajstić information content (AvgIpc) is 3.04. The van der Waals surface area contributed by atoms with Gasteiger partial charge in [-0.05, 0) is 6.07 Å². The van der Waals surface area contributed by atoms with Crippen LogP contribution in [-0.2, 0) is 16.1 Å². The molecule has 0 bridgehead atoms. The number of carboxylic acids is 2. The van der Waals surface area contributed by atoms with Crippen LogP contribution in [0.4, 0.5) is 13.2 Å². The number of piperazine rings is 1. The molecule has 0 aromatic carbocycles. The maximum absolute atomic E-state index is 10.6. The van der Waals surface area contributed by atoms with Gasteiger partial charge in [0.25, 0.3) is 0 Å². The first-order valence-corrected chi connectivity index (χ1v) is 8.40. The Morgan fingerprint density at radius 3 is 2.29 bits per heavy atom. The number of nitrogens with zero attached hydrogens (tertiary/aromatic N) is 5. The zero-order valence-corrected chi connectivity index (χ0v) is 14.8. The molecule has 0 atom stereocenters. The Morgan fingerprint density at radius 1 is 1.11 bits per heavy atom. The van der Waals surface area contributed by atoms with Gasteiger partial charge in [-0.25, -0.2) is 14.3 Å². The lowest BCUT2D eigenvalue weighted by Gasteiger charge is -2.34. The van der Waals surface area contributed by atoms with E-state index in [9.17, 15) is 18.0 Å². The number of rotatable bonds is 5. The molecule has 0 saturated carbocycles. The van der Waals surface area contributed by atoms with Crippen LogP contribution >= 0.6 is 0 Å². The van der Waals surface area contributed by atoms with Crippen molar-refractivity contribution in [3.63, 3.8) is 0 Å². The van der Waals surface area contributed by atoms with Crippen LogP contribution in [0, 0.1) is 0 Å². The maximum atomic E-state index is 10.6. The van der Waals surface area contributed by atoms with Gasteiger partial charge in [-0.2, -0.15) is 18.3 Å². The van der Waals surface area contributed by atoms with Gasteiger partial charge in [0.05, 0.1) is 12.6 Å². The molecular formula is C16H20F3N5O4. The van der Waals surface area contributed by atoms with Gasteiger partial charge < -0.3 is 15.1 Å². The molecule has 3 heterocycles. The standard InChI is InChI=1S/C14H19N5O2.C2HF3O2/c20-13(21)2-5-17-6-8-18(9-7-17)11-12-10-16-19-4-1-3-15-14(12)19;3-2(4,5)1(6)7/h1,3-4,10H,2,5-9,11H2,(H,20,21);(H,6,7). The molecule has 1 aliphatic heterocycles. The van der Waals surface area contributed by atoms with Crippen molar-refractivity contribution in [2.75, 3.05) is 32.7 Å². The van der Waals surface area contributed by atoms with Crippen LogP contribution in [-0.4, -0.2) is 85.4 Å². The molecule has 1 fully saturated rings. The number of alkyl halides is 3. The summed E-state index contributed by atoms with van der Waals surface area (Å²) in [6, 6.07) is 1.87. The molecule has 1 aliphatic rings. The van der Waals surface area contributed by atoms with E-state index in [0.717, 1.165) is 43.9 Å². The van der Waals surface area contributed by atoms with Crippen molar-refractivity contribution >= 4 is 17.6 Å². The van der Waals surface area contributed by atoms with Crippen LogP contribution < -0.4 is 0 Å². The highest BCUT2D eigenvalue weighted by Gasteiger charge is 2.38. The largest absolute Gasteiger partial charge is 0.490 e. The summed E-state index contributed by atoms with van der Waals surface area (Å²) >= 11 is 0. The van der Waals surface area contributed by atoms with E-state index >= 15 is 0 Å². The molecule has 28 heavy (non-hydrogen) atoms. The van der Waals surface area contributed by atoms with Gasteiger partial charge in [-0.15, -0.1) is 0 Å². The lowest BCUT2D eigenvalue weighted by atomic mass is 10.2. The Hall–Kier alpha value is -2.73. The van der Waals surface area contributed by atoms with Gasteiger partial charge >= 0.3 is 18.1 Å². The van der Waals surface area contributed by atoms with Crippen molar-refractivity contribution < 1.29 is 33.0 Å². The van der Waals surface area contributed by atoms with Crippen molar-refractivity contribution in [1.29, 1.82) is 0 Å². The zero-order chi connectivity index (χ0) is 20.7. The number of aliphatic carboxylic acids is 2. The third kappa shape index (κ3) is 6.46. The smallest absolute Gasteiger partial charge is 0.481 e. The molecule has 1 saturated heterocycles. The lowest BCUT2D eigenvalue weighted by molar-refractivity contribution is -0.192. The van der Waals surface area contributed by atoms with E-state index in [1.165, 1.54) is 0 Å². The molecule has 0 amide bonds. The quantitative estimate of drug-likeness (QED) is 0.759. The molecule has 12 heteroatoms. The molecule has 0 unspecified atom stereocenters. The molecule has 2 aromatic rings. The lowest BCUT2D eigenvalue weighted by Crippen LogP contribution is -2.46. The molecule has 9 nitrogen and oxygen atoms in total. The number of fused-ring (bicyclic) bond motifs is 1. The monoisotopic (exact) mass is 403 g/mol. The Bertz CT molecular complexity index is 803. The summed E-state index contributed by atoms with van der Waals surface area (Å²) in [6.07, 6.45) is 0.692. The average molecular weight is 403 g/mol. The van der Waals surface area contributed by atoms with Gasteiger partial charge in [0.15, 0.2) is 5.65 Å². The fourth-order valence-corrected chi connectivity index (χ4v) is 2.65. The Labute approximate surface area is 158 Å². The normalized spacial score (nSPS) is 15.8. The van der Waals surface area contributed by atoms with E-state index in [1.807, 2.05) is 18.5 Å². The fourth-order valence-electron chi connectivity index (χ4n) is 2.65. The summed E-state index contributed by atoms with van der Waals surface area (Å²) in [5, 5.41) is 20.1. The van der Waals surface area contributed by atoms with E-state index < -0.39 is 18.1 Å². The molecule has 0 radical (unpaired) electrons. The van der Waals surface area contributed by atoms with E-state index in [1.54, 1.807) is 10.7 Å². The van der Waals surface area contributed by atoms with Crippen LogP contribution in [0.15, 0.2) is 24.7 Å². The summed E-state index contributed by atoms with van der Waals surface area (Å²) in [5.41, 5.74) is 2.04. The Morgan fingerprint density at radius 2 is 1.71 bits per heavy atom. The number of hydrogen-bond donors (Lipinski definition) is 2. The number of aromatic nitrogens is 3. The van der Waals surface area contributed by atoms with Crippen LogP contribution in [0.5, 0.6) is 0 Å². The Balaban J connectivity index is 0.000000345. The summed E-state index contributed by atoms with van der Waals surface area (Å²) in [5.74, 6) is -3.48. The van der Waals surface area contributed by atoms with Crippen LogP contribution in [0.2, 0.25) is 0 Å². The van der Waals surface area contributed by atoms with Crippen molar-refractivity contribution in [1.82, 2.24) is 24.4 Å². The molecule has 154 valence electrons. The first-order chi connectivity index (χ1) is 13.2. The third-order valence-electron chi connectivity index (χ3n) is 4.10. The number of hydrogen-bond acceptors (Lipinski definition) is 6.